The van der Waals surface area contributed by atoms with Crippen molar-refractivity contribution in [1.29, 1.82) is 0 Å². The zero-order valence-corrected chi connectivity index (χ0v) is 14.4. The van der Waals surface area contributed by atoms with Gasteiger partial charge in [0, 0.05) is 23.8 Å². The first-order valence-electron chi connectivity index (χ1n) is 7.25. The molecule has 0 spiro atoms. The minimum absolute atomic E-state index is 0.00398. The third-order valence-electron chi connectivity index (χ3n) is 3.52. The highest BCUT2D eigenvalue weighted by atomic mass is 79.9. The van der Waals surface area contributed by atoms with E-state index in [9.17, 15) is 4.79 Å². The summed E-state index contributed by atoms with van der Waals surface area (Å²) in [6.45, 7) is 8.65. The molecule has 1 fully saturated rings. The van der Waals surface area contributed by atoms with Crippen LogP contribution in [0.3, 0.4) is 0 Å². The lowest BCUT2D eigenvalue weighted by molar-refractivity contribution is -0.0370. The van der Waals surface area contributed by atoms with Crippen LogP contribution in [-0.2, 0) is 4.74 Å². The predicted octanol–water partition coefficient (Wildman–Crippen LogP) is 2.92. The van der Waals surface area contributed by atoms with E-state index in [1.165, 1.54) is 0 Å². The van der Waals surface area contributed by atoms with Crippen LogP contribution in [0.1, 0.15) is 37.6 Å². The smallest absolute Gasteiger partial charge is 0.258 e. The predicted molar refractivity (Wildman–Crippen MR) is 86.7 cm³/mol. The number of hydrogen-bond acceptors (Lipinski definition) is 4. The molecule has 5 nitrogen and oxygen atoms in total. The van der Waals surface area contributed by atoms with Crippen molar-refractivity contribution < 1.29 is 9.53 Å². The van der Waals surface area contributed by atoms with E-state index >= 15 is 0 Å². The number of nitrogens with zero attached hydrogens (tertiary/aromatic N) is 2. The fraction of sp³-hybridized carbons (Fsp3) is 0.600. The molecule has 0 radical (unpaired) electrons. The standard InChI is InChI=1S/C15H22BrN3O2/c1-4-5-17-13-12(8-11(16)9-18-13)14(20)19-6-7-21-10-15(19,2)3/h8-9H,4-7,10H2,1-3H3,(H,17,18). The first-order chi connectivity index (χ1) is 9.95. The quantitative estimate of drug-likeness (QED) is 0.901. The van der Waals surface area contributed by atoms with Gasteiger partial charge in [-0.25, -0.2) is 4.98 Å². The van der Waals surface area contributed by atoms with Crippen LogP contribution < -0.4 is 5.32 Å². The summed E-state index contributed by atoms with van der Waals surface area (Å²) in [5.41, 5.74) is 0.299. The maximum Gasteiger partial charge on any atom is 0.258 e. The van der Waals surface area contributed by atoms with Crippen molar-refractivity contribution in [2.75, 3.05) is 31.6 Å². The third kappa shape index (κ3) is 3.74. The molecular weight excluding hydrogens is 334 g/mol. The Bertz CT molecular complexity index is 520. The fourth-order valence-corrected chi connectivity index (χ4v) is 2.70. The molecule has 1 aromatic heterocycles. The van der Waals surface area contributed by atoms with Crippen molar-refractivity contribution in [2.24, 2.45) is 0 Å². The Kier molecular flexibility index (Phi) is 5.22. The zero-order valence-electron chi connectivity index (χ0n) is 12.8. The second-order valence-corrected chi connectivity index (χ2v) is 6.71. The molecule has 1 aliphatic heterocycles. The monoisotopic (exact) mass is 355 g/mol. The van der Waals surface area contributed by atoms with Crippen LogP contribution in [0, 0.1) is 0 Å². The van der Waals surface area contributed by atoms with Crippen molar-refractivity contribution in [1.82, 2.24) is 9.88 Å². The molecule has 1 saturated heterocycles. The highest BCUT2D eigenvalue weighted by molar-refractivity contribution is 9.10. The first kappa shape index (κ1) is 16.2. The number of halogens is 1. The maximum absolute atomic E-state index is 12.9. The molecule has 1 amide bonds. The average molecular weight is 356 g/mol. The Morgan fingerprint density at radius 3 is 3.00 bits per heavy atom. The fourth-order valence-electron chi connectivity index (χ4n) is 2.37. The summed E-state index contributed by atoms with van der Waals surface area (Å²) in [6.07, 6.45) is 2.69. The van der Waals surface area contributed by atoms with Gasteiger partial charge < -0.3 is 15.0 Å². The lowest BCUT2D eigenvalue weighted by Gasteiger charge is -2.42. The van der Waals surface area contributed by atoms with Crippen LogP contribution >= 0.6 is 15.9 Å². The first-order valence-corrected chi connectivity index (χ1v) is 8.04. The highest BCUT2D eigenvalue weighted by Crippen LogP contribution is 2.26. The Labute approximate surface area is 134 Å². The molecule has 0 bridgehead atoms. The van der Waals surface area contributed by atoms with Gasteiger partial charge in [-0.2, -0.15) is 0 Å². The van der Waals surface area contributed by atoms with E-state index < -0.39 is 0 Å². The van der Waals surface area contributed by atoms with Gasteiger partial charge in [0.25, 0.3) is 5.91 Å². The summed E-state index contributed by atoms with van der Waals surface area (Å²) < 4.78 is 6.29. The SMILES string of the molecule is CCCNc1ncc(Br)cc1C(=O)N1CCOCC1(C)C. The number of hydrogen-bond donors (Lipinski definition) is 1. The van der Waals surface area contributed by atoms with Crippen molar-refractivity contribution in [3.8, 4) is 0 Å². The van der Waals surface area contributed by atoms with Crippen LogP contribution in [0.2, 0.25) is 0 Å². The Balaban J connectivity index is 2.30. The summed E-state index contributed by atoms with van der Waals surface area (Å²) in [7, 11) is 0. The summed E-state index contributed by atoms with van der Waals surface area (Å²) in [4.78, 5) is 19.1. The molecule has 0 saturated carbocycles. The maximum atomic E-state index is 12.9. The number of ether oxygens (including phenoxy) is 1. The molecule has 0 atom stereocenters. The van der Waals surface area contributed by atoms with Crippen molar-refractivity contribution in [3.05, 3.63) is 22.3 Å². The average Bonchev–Trinajstić information content (AvgIpc) is 2.45. The Hall–Kier alpha value is -1.14. The van der Waals surface area contributed by atoms with E-state index in [1.807, 2.05) is 24.8 Å². The molecule has 2 heterocycles. The number of anilines is 1. The van der Waals surface area contributed by atoms with Crippen LogP contribution in [0.5, 0.6) is 0 Å². The minimum Gasteiger partial charge on any atom is -0.377 e. The van der Waals surface area contributed by atoms with Crippen LogP contribution in [-0.4, -0.2) is 47.6 Å². The molecule has 1 N–H and O–H groups in total. The van der Waals surface area contributed by atoms with Crippen LogP contribution in [0.15, 0.2) is 16.7 Å². The number of carbonyl (C=O) groups excluding carboxylic acids is 1. The largest absolute Gasteiger partial charge is 0.377 e. The number of pyridine rings is 1. The van der Waals surface area contributed by atoms with Crippen LogP contribution in [0.25, 0.3) is 0 Å². The number of amides is 1. The van der Waals surface area contributed by atoms with Gasteiger partial charge in [-0.05, 0) is 42.3 Å². The molecule has 0 aliphatic carbocycles. The van der Waals surface area contributed by atoms with Crippen molar-refractivity contribution in [2.45, 2.75) is 32.7 Å². The molecule has 21 heavy (non-hydrogen) atoms. The van der Waals surface area contributed by atoms with Gasteiger partial charge >= 0.3 is 0 Å². The molecule has 116 valence electrons. The Morgan fingerprint density at radius 2 is 2.33 bits per heavy atom. The summed E-state index contributed by atoms with van der Waals surface area (Å²) >= 11 is 3.40. The minimum atomic E-state index is -0.306. The normalized spacial score (nSPS) is 17.6. The van der Waals surface area contributed by atoms with Crippen LogP contribution in [0.4, 0.5) is 5.82 Å². The molecule has 0 unspecified atom stereocenters. The van der Waals surface area contributed by atoms with E-state index in [1.54, 1.807) is 6.20 Å². The third-order valence-corrected chi connectivity index (χ3v) is 3.95. The van der Waals surface area contributed by atoms with Gasteiger partial charge in [0.05, 0.1) is 24.3 Å². The zero-order chi connectivity index (χ0) is 15.5. The van der Waals surface area contributed by atoms with E-state index in [0.29, 0.717) is 31.1 Å². The van der Waals surface area contributed by atoms with E-state index in [-0.39, 0.29) is 11.4 Å². The molecular formula is C15H22BrN3O2. The number of aromatic nitrogens is 1. The lowest BCUT2D eigenvalue weighted by atomic mass is 10.0. The summed E-state index contributed by atoms with van der Waals surface area (Å²) in [5, 5.41) is 3.23. The Morgan fingerprint density at radius 1 is 1.57 bits per heavy atom. The second-order valence-electron chi connectivity index (χ2n) is 5.80. The van der Waals surface area contributed by atoms with Crippen molar-refractivity contribution >= 4 is 27.7 Å². The van der Waals surface area contributed by atoms with E-state index in [4.69, 9.17) is 4.74 Å². The number of carbonyl (C=O) groups is 1. The lowest BCUT2D eigenvalue weighted by Crippen LogP contribution is -2.55. The summed E-state index contributed by atoms with van der Waals surface area (Å²) in [6, 6.07) is 1.83. The second kappa shape index (κ2) is 6.75. The van der Waals surface area contributed by atoms with Gasteiger partial charge in [-0.3, -0.25) is 4.79 Å². The number of nitrogens with one attached hydrogen (secondary N) is 1. The van der Waals surface area contributed by atoms with Crippen molar-refractivity contribution in [3.63, 3.8) is 0 Å². The topological polar surface area (TPSA) is 54.5 Å². The highest BCUT2D eigenvalue weighted by Gasteiger charge is 2.35. The molecule has 1 aromatic rings. The molecule has 2 rings (SSSR count). The molecule has 1 aliphatic rings. The van der Waals surface area contributed by atoms with Gasteiger partial charge in [0.15, 0.2) is 0 Å². The molecule has 0 aromatic carbocycles. The van der Waals surface area contributed by atoms with Gasteiger partial charge in [0.2, 0.25) is 0 Å². The van der Waals surface area contributed by atoms with E-state index in [0.717, 1.165) is 17.4 Å². The summed E-state index contributed by atoms with van der Waals surface area (Å²) in [5.74, 6) is 0.642. The molecule has 6 heteroatoms. The van der Waals surface area contributed by atoms with Gasteiger partial charge in [-0.15, -0.1) is 0 Å². The van der Waals surface area contributed by atoms with Gasteiger partial charge in [-0.1, -0.05) is 6.92 Å². The van der Waals surface area contributed by atoms with Gasteiger partial charge in [0.1, 0.15) is 5.82 Å². The number of rotatable bonds is 4. The van der Waals surface area contributed by atoms with E-state index in [2.05, 4.69) is 33.2 Å². The number of morpholine rings is 1.